The maximum absolute atomic E-state index is 12.5. The standard InChI is InChI=1S/C24H27ClN4O2S/c25-20-9-7-18(8-10-20)23-27-22(31-28-23)17-29-14-11-19(12-15-29)24(30)26-13-4-16-32-21-5-2-1-3-6-21/h1-3,5-10,19H,4,11-17H2,(H,26,30). The summed E-state index contributed by atoms with van der Waals surface area (Å²) in [6, 6.07) is 17.7. The first-order chi connectivity index (χ1) is 15.7. The first-order valence-corrected chi connectivity index (χ1v) is 12.3. The van der Waals surface area contributed by atoms with Crippen molar-refractivity contribution in [1.29, 1.82) is 0 Å². The van der Waals surface area contributed by atoms with Gasteiger partial charge >= 0.3 is 0 Å². The van der Waals surface area contributed by atoms with E-state index in [0.717, 1.165) is 50.2 Å². The first-order valence-electron chi connectivity index (χ1n) is 10.9. The van der Waals surface area contributed by atoms with Gasteiger partial charge in [-0.05, 0) is 74.5 Å². The van der Waals surface area contributed by atoms with E-state index in [4.69, 9.17) is 16.1 Å². The van der Waals surface area contributed by atoms with Crippen LogP contribution in [0.1, 0.15) is 25.2 Å². The molecule has 1 aliphatic heterocycles. The van der Waals surface area contributed by atoms with Gasteiger partial charge in [0.1, 0.15) is 0 Å². The second-order valence-electron chi connectivity index (χ2n) is 7.88. The van der Waals surface area contributed by atoms with Gasteiger partial charge in [0.2, 0.25) is 17.6 Å². The molecule has 4 rings (SSSR count). The van der Waals surface area contributed by atoms with Crippen LogP contribution >= 0.6 is 23.4 Å². The van der Waals surface area contributed by atoms with Crippen LogP contribution in [0.15, 0.2) is 64.0 Å². The van der Waals surface area contributed by atoms with Gasteiger partial charge in [0.25, 0.3) is 0 Å². The molecule has 0 aliphatic carbocycles. The average Bonchev–Trinajstić information content (AvgIpc) is 3.29. The number of carbonyl (C=O) groups excluding carboxylic acids is 1. The number of hydrogen-bond acceptors (Lipinski definition) is 6. The number of aromatic nitrogens is 2. The van der Waals surface area contributed by atoms with Crippen LogP contribution in [-0.2, 0) is 11.3 Å². The van der Waals surface area contributed by atoms with E-state index in [1.54, 1.807) is 0 Å². The fraction of sp³-hybridized carbons (Fsp3) is 0.375. The summed E-state index contributed by atoms with van der Waals surface area (Å²) in [5.41, 5.74) is 0.877. The summed E-state index contributed by atoms with van der Waals surface area (Å²) in [4.78, 5) is 20.5. The average molecular weight is 471 g/mol. The maximum Gasteiger partial charge on any atom is 0.241 e. The van der Waals surface area contributed by atoms with E-state index in [1.807, 2.05) is 54.2 Å². The van der Waals surface area contributed by atoms with Gasteiger partial charge < -0.3 is 9.84 Å². The van der Waals surface area contributed by atoms with Gasteiger partial charge in [0.05, 0.1) is 6.54 Å². The molecule has 0 spiro atoms. The summed E-state index contributed by atoms with van der Waals surface area (Å²) in [5.74, 6) is 2.42. The number of halogens is 1. The molecule has 8 heteroatoms. The van der Waals surface area contributed by atoms with Crippen molar-refractivity contribution in [1.82, 2.24) is 20.4 Å². The number of thioether (sulfide) groups is 1. The van der Waals surface area contributed by atoms with Gasteiger partial charge in [-0.3, -0.25) is 9.69 Å². The summed E-state index contributed by atoms with van der Waals surface area (Å²) < 4.78 is 5.42. The Morgan fingerprint density at radius 2 is 1.88 bits per heavy atom. The van der Waals surface area contributed by atoms with E-state index in [1.165, 1.54) is 4.90 Å². The van der Waals surface area contributed by atoms with Crippen LogP contribution in [0.25, 0.3) is 11.4 Å². The van der Waals surface area contributed by atoms with Crippen LogP contribution < -0.4 is 5.32 Å². The number of amides is 1. The number of hydrogen-bond donors (Lipinski definition) is 1. The van der Waals surface area contributed by atoms with Crippen LogP contribution in [0.3, 0.4) is 0 Å². The molecule has 1 aromatic heterocycles. The SMILES string of the molecule is O=C(NCCCSc1ccccc1)C1CCN(Cc2nc(-c3ccc(Cl)cc3)no2)CC1. The molecule has 0 unspecified atom stereocenters. The molecule has 0 atom stereocenters. The van der Waals surface area contributed by atoms with Crippen LogP contribution in [0.4, 0.5) is 0 Å². The molecule has 1 aliphatic rings. The van der Waals surface area contributed by atoms with E-state index < -0.39 is 0 Å². The highest BCUT2D eigenvalue weighted by Crippen LogP contribution is 2.22. The van der Waals surface area contributed by atoms with Crippen LogP contribution in [-0.4, -0.2) is 46.3 Å². The van der Waals surface area contributed by atoms with Gasteiger partial charge in [-0.1, -0.05) is 35.0 Å². The molecule has 2 heterocycles. The molecular formula is C24H27ClN4O2S. The highest BCUT2D eigenvalue weighted by molar-refractivity contribution is 7.99. The third kappa shape index (κ3) is 6.58. The van der Waals surface area contributed by atoms with Crippen LogP contribution in [0.2, 0.25) is 5.02 Å². The predicted molar refractivity (Wildman–Crippen MR) is 128 cm³/mol. The Morgan fingerprint density at radius 1 is 1.12 bits per heavy atom. The fourth-order valence-corrected chi connectivity index (χ4v) is 4.71. The monoisotopic (exact) mass is 470 g/mol. The Labute approximate surface area is 197 Å². The fourth-order valence-electron chi connectivity index (χ4n) is 3.71. The summed E-state index contributed by atoms with van der Waals surface area (Å²) in [5, 5.41) is 7.86. The first kappa shape index (κ1) is 22.8. The number of carbonyl (C=O) groups is 1. The Morgan fingerprint density at radius 3 is 2.62 bits per heavy atom. The van der Waals surface area contributed by atoms with E-state index in [2.05, 4.69) is 32.5 Å². The smallest absolute Gasteiger partial charge is 0.241 e. The molecule has 32 heavy (non-hydrogen) atoms. The van der Waals surface area contributed by atoms with Gasteiger partial charge in [-0.2, -0.15) is 4.98 Å². The molecule has 0 radical (unpaired) electrons. The Kier molecular flexibility index (Phi) is 8.20. The normalized spacial score (nSPS) is 15.0. The summed E-state index contributed by atoms with van der Waals surface area (Å²) >= 11 is 7.76. The van der Waals surface area contributed by atoms with Crippen molar-refractivity contribution in [2.24, 2.45) is 5.92 Å². The number of nitrogens with one attached hydrogen (secondary N) is 1. The van der Waals surface area contributed by atoms with Crippen molar-refractivity contribution in [3.05, 3.63) is 65.5 Å². The number of benzene rings is 2. The van der Waals surface area contributed by atoms with Crippen molar-refractivity contribution in [3.8, 4) is 11.4 Å². The molecule has 1 N–H and O–H groups in total. The summed E-state index contributed by atoms with van der Waals surface area (Å²) in [6.45, 7) is 3.03. The molecule has 0 saturated carbocycles. The number of likely N-dealkylation sites (tertiary alicyclic amines) is 1. The quantitative estimate of drug-likeness (QED) is 0.354. The van der Waals surface area contributed by atoms with Gasteiger partial charge in [0, 0.05) is 27.9 Å². The highest BCUT2D eigenvalue weighted by atomic mass is 35.5. The van der Waals surface area contributed by atoms with Gasteiger partial charge in [-0.25, -0.2) is 0 Å². The van der Waals surface area contributed by atoms with Crippen LogP contribution in [0, 0.1) is 5.92 Å². The topological polar surface area (TPSA) is 71.3 Å². The minimum Gasteiger partial charge on any atom is -0.356 e. The lowest BCUT2D eigenvalue weighted by atomic mass is 9.96. The number of piperidine rings is 1. The van der Waals surface area contributed by atoms with Gasteiger partial charge in [-0.15, -0.1) is 11.8 Å². The Bertz CT molecular complexity index is 989. The zero-order valence-corrected chi connectivity index (χ0v) is 19.4. The maximum atomic E-state index is 12.5. The minimum atomic E-state index is 0.0836. The zero-order chi connectivity index (χ0) is 22.2. The van der Waals surface area contributed by atoms with Crippen molar-refractivity contribution in [2.45, 2.75) is 30.7 Å². The van der Waals surface area contributed by atoms with E-state index in [9.17, 15) is 4.79 Å². The van der Waals surface area contributed by atoms with E-state index in [0.29, 0.717) is 23.3 Å². The zero-order valence-electron chi connectivity index (χ0n) is 17.9. The predicted octanol–water partition coefficient (Wildman–Crippen LogP) is 4.90. The number of nitrogens with zero attached hydrogens (tertiary/aromatic N) is 3. The van der Waals surface area contributed by atoms with E-state index >= 15 is 0 Å². The lowest BCUT2D eigenvalue weighted by Gasteiger charge is -2.30. The largest absolute Gasteiger partial charge is 0.356 e. The minimum absolute atomic E-state index is 0.0836. The lowest BCUT2D eigenvalue weighted by molar-refractivity contribution is -0.126. The molecular weight excluding hydrogens is 444 g/mol. The van der Waals surface area contributed by atoms with Crippen molar-refractivity contribution in [3.63, 3.8) is 0 Å². The Balaban J connectivity index is 1.14. The lowest BCUT2D eigenvalue weighted by Crippen LogP contribution is -2.40. The molecule has 3 aromatic rings. The molecule has 2 aromatic carbocycles. The van der Waals surface area contributed by atoms with Crippen molar-refractivity contribution >= 4 is 29.3 Å². The van der Waals surface area contributed by atoms with E-state index in [-0.39, 0.29) is 11.8 Å². The summed E-state index contributed by atoms with van der Waals surface area (Å²) in [6.07, 6.45) is 2.67. The van der Waals surface area contributed by atoms with Gasteiger partial charge in [0.15, 0.2) is 0 Å². The molecule has 1 amide bonds. The second kappa shape index (κ2) is 11.5. The molecule has 1 saturated heterocycles. The number of rotatable bonds is 9. The van der Waals surface area contributed by atoms with Crippen LogP contribution in [0.5, 0.6) is 0 Å². The van der Waals surface area contributed by atoms with Crippen molar-refractivity contribution < 1.29 is 9.32 Å². The highest BCUT2D eigenvalue weighted by Gasteiger charge is 2.25. The molecule has 6 nitrogen and oxygen atoms in total. The molecule has 1 fully saturated rings. The molecule has 168 valence electrons. The third-order valence-corrected chi connectivity index (χ3v) is 6.87. The molecule has 0 bridgehead atoms. The summed E-state index contributed by atoms with van der Waals surface area (Å²) in [7, 11) is 0. The van der Waals surface area contributed by atoms with Crippen molar-refractivity contribution in [2.75, 3.05) is 25.4 Å². The second-order valence-corrected chi connectivity index (χ2v) is 9.48. The third-order valence-electron chi connectivity index (χ3n) is 5.52. The Hall–Kier alpha value is -2.35.